The molecule has 0 aliphatic rings. The van der Waals surface area contributed by atoms with Gasteiger partial charge in [0.1, 0.15) is 11.0 Å². The predicted molar refractivity (Wildman–Crippen MR) is 44.5 cm³/mol. The van der Waals surface area contributed by atoms with Gasteiger partial charge in [-0.1, -0.05) is 0 Å². The molecule has 2 aromatic heterocycles. The normalized spacial score (nSPS) is 9.67. The fourth-order valence-corrected chi connectivity index (χ4v) is 0.869. The van der Waals surface area contributed by atoms with Gasteiger partial charge in [-0.05, 0) is 0 Å². The number of fused-ring (bicyclic) bond motifs is 1. The summed E-state index contributed by atoms with van der Waals surface area (Å²) in [6.45, 7) is 0. The zero-order valence-corrected chi connectivity index (χ0v) is 5.34. The van der Waals surface area contributed by atoms with Gasteiger partial charge in [0.2, 0.25) is 0 Å². The van der Waals surface area contributed by atoms with Crippen molar-refractivity contribution in [1.82, 2.24) is 20.2 Å². The van der Waals surface area contributed by atoms with Crippen molar-refractivity contribution in [2.45, 2.75) is 0 Å². The molecule has 2 heterocycles. The topological polar surface area (TPSA) is 94.4 Å². The van der Waals surface area contributed by atoms with E-state index < -0.39 is 11.2 Å². The molecular weight excluding hydrogens is 171 g/mol. The van der Waals surface area contributed by atoms with Crippen LogP contribution in [0.4, 0.5) is 0 Å². The van der Waals surface area contributed by atoms with E-state index in [1.165, 1.54) is 6.20 Å². The summed E-state index contributed by atoms with van der Waals surface area (Å²) >= 11 is 0. The fraction of sp³-hybridized carbons (Fsp3) is 0. The van der Waals surface area contributed by atoms with Crippen molar-refractivity contribution >= 4 is 40.6 Å². The molecule has 58 valence electrons. The Morgan fingerprint density at radius 2 is 2.00 bits per heavy atom. The first-order valence-electron chi connectivity index (χ1n) is 2.93. The molecule has 12 heavy (non-hydrogen) atoms. The molecule has 0 aliphatic heterocycles. The second-order valence-corrected chi connectivity index (χ2v) is 2.07. The minimum absolute atomic E-state index is 0. The summed E-state index contributed by atoms with van der Waals surface area (Å²) in [7, 11) is 0. The molecule has 0 amide bonds. The number of hydrogen-bond acceptors (Lipinski definition) is 3. The second kappa shape index (κ2) is 3.26. The van der Waals surface area contributed by atoms with Crippen LogP contribution < -0.4 is 11.2 Å². The Hall–Kier alpha value is -0.850. The van der Waals surface area contributed by atoms with E-state index in [-0.39, 0.29) is 29.6 Å². The van der Waals surface area contributed by atoms with Gasteiger partial charge in [-0.3, -0.25) is 19.9 Å². The van der Waals surface area contributed by atoms with Crippen molar-refractivity contribution in [1.29, 1.82) is 0 Å². The molecule has 0 aromatic carbocycles. The van der Waals surface area contributed by atoms with E-state index in [9.17, 15) is 9.59 Å². The van der Waals surface area contributed by atoms with Crippen LogP contribution in [0.1, 0.15) is 0 Å². The zero-order chi connectivity index (χ0) is 7.84. The first kappa shape index (κ1) is 9.24. The molecule has 0 fully saturated rings. The van der Waals surface area contributed by atoms with Crippen LogP contribution in [-0.2, 0) is 0 Å². The summed E-state index contributed by atoms with van der Waals surface area (Å²) in [5.74, 6) is 0. The van der Waals surface area contributed by atoms with E-state index in [1.54, 1.807) is 0 Å². The van der Waals surface area contributed by atoms with Crippen molar-refractivity contribution in [3.05, 3.63) is 27.0 Å². The standard InChI is InChI=1S/C5H4N4O2.Na.H/c10-4-2-1-6-9-3(2)7-5(11)8-4;;/h1H,(H3,6,7,8,9,10,11);;. The molecule has 0 radical (unpaired) electrons. The molecule has 7 heteroatoms. The quantitative estimate of drug-likeness (QED) is 0.417. The number of nitrogens with zero attached hydrogens (tertiary/aromatic N) is 1. The van der Waals surface area contributed by atoms with Gasteiger partial charge in [0.05, 0.1) is 6.20 Å². The van der Waals surface area contributed by atoms with Crippen LogP contribution in [-0.4, -0.2) is 49.7 Å². The van der Waals surface area contributed by atoms with E-state index in [1.807, 2.05) is 0 Å². The molecule has 0 saturated carbocycles. The number of nitrogens with one attached hydrogen (secondary N) is 3. The van der Waals surface area contributed by atoms with Gasteiger partial charge in [0.25, 0.3) is 5.56 Å². The molecule has 0 saturated heterocycles. The Bertz CT molecular complexity index is 496. The molecule has 3 N–H and O–H groups in total. The monoisotopic (exact) mass is 176 g/mol. The molecular formula is C5H5N4NaO2. The Kier molecular flexibility index (Phi) is 2.51. The van der Waals surface area contributed by atoms with Gasteiger partial charge >= 0.3 is 35.2 Å². The first-order valence-corrected chi connectivity index (χ1v) is 2.93. The van der Waals surface area contributed by atoms with Gasteiger partial charge in [-0.25, -0.2) is 4.79 Å². The molecule has 6 nitrogen and oxygen atoms in total. The van der Waals surface area contributed by atoms with E-state index in [2.05, 4.69) is 20.2 Å². The summed E-state index contributed by atoms with van der Waals surface area (Å²) in [6.07, 6.45) is 1.35. The summed E-state index contributed by atoms with van der Waals surface area (Å²) < 4.78 is 0. The van der Waals surface area contributed by atoms with Crippen LogP contribution in [0, 0.1) is 0 Å². The number of H-pyrrole nitrogens is 3. The third-order valence-corrected chi connectivity index (χ3v) is 1.35. The van der Waals surface area contributed by atoms with E-state index in [0.29, 0.717) is 11.0 Å². The Morgan fingerprint density at radius 3 is 2.75 bits per heavy atom. The van der Waals surface area contributed by atoms with E-state index in [0.717, 1.165) is 0 Å². The van der Waals surface area contributed by atoms with Gasteiger partial charge in [0, 0.05) is 0 Å². The number of aromatic nitrogens is 4. The van der Waals surface area contributed by atoms with Gasteiger partial charge < -0.3 is 0 Å². The predicted octanol–water partition coefficient (Wildman–Crippen LogP) is -1.71. The molecule has 2 aromatic rings. The average Bonchev–Trinajstić information content (AvgIpc) is 2.34. The molecule has 0 bridgehead atoms. The molecule has 0 aliphatic carbocycles. The van der Waals surface area contributed by atoms with Crippen molar-refractivity contribution in [3.63, 3.8) is 0 Å². The first-order chi connectivity index (χ1) is 5.27. The van der Waals surface area contributed by atoms with E-state index in [4.69, 9.17) is 0 Å². The van der Waals surface area contributed by atoms with Crippen molar-refractivity contribution in [2.24, 2.45) is 0 Å². The summed E-state index contributed by atoms with van der Waals surface area (Å²) in [5.41, 5.74) is -0.622. The summed E-state index contributed by atoms with van der Waals surface area (Å²) in [6, 6.07) is 0. The van der Waals surface area contributed by atoms with E-state index >= 15 is 0 Å². The van der Waals surface area contributed by atoms with Crippen LogP contribution in [0.15, 0.2) is 15.8 Å². The van der Waals surface area contributed by atoms with Crippen molar-refractivity contribution in [3.8, 4) is 0 Å². The SMILES string of the molecule is O=c1[nH]c(=O)c2cn[nH]c2[nH]1.[NaH]. The van der Waals surface area contributed by atoms with Crippen LogP contribution in [0.25, 0.3) is 11.0 Å². The maximum atomic E-state index is 10.9. The van der Waals surface area contributed by atoms with Crippen LogP contribution in [0.5, 0.6) is 0 Å². The average molecular weight is 176 g/mol. The van der Waals surface area contributed by atoms with Crippen LogP contribution in [0.2, 0.25) is 0 Å². The minimum atomic E-state index is -0.535. The summed E-state index contributed by atoms with van der Waals surface area (Å²) in [4.78, 5) is 26.0. The molecule has 2 rings (SSSR count). The number of aromatic amines is 3. The molecule has 0 atom stereocenters. The Morgan fingerprint density at radius 1 is 1.25 bits per heavy atom. The number of rotatable bonds is 0. The van der Waals surface area contributed by atoms with Crippen molar-refractivity contribution < 1.29 is 0 Å². The fourth-order valence-electron chi connectivity index (χ4n) is 0.869. The Labute approximate surface area is 87.7 Å². The van der Waals surface area contributed by atoms with Crippen LogP contribution in [0.3, 0.4) is 0 Å². The molecule has 0 unspecified atom stereocenters. The second-order valence-electron chi connectivity index (χ2n) is 2.07. The third kappa shape index (κ3) is 1.36. The van der Waals surface area contributed by atoms with Gasteiger partial charge in [0.15, 0.2) is 0 Å². The van der Waals surface area contributed by atoms with Gasteiger partial charge in [-0.15, -0.1) is 0 Å². The summed E-state index contributed by atoms with van der Waals surface area (Å²) in [5, 5.41) is 6.42. The molecule has 0 spiro atoms. The number of hydrogen-bond donors (Lipinski definition) is 3. The van der Waals surface area contributed by atoms with Gasteiger partial charge in [-0.2, -0.15) is 5.10 Å². The zero-order valence-electron chi connectivity index (χ0n) is 5.34. The maximum absolute atomic E-state index is 10.9. The van der Waals surface area contributed by atoms with Crippen molar-refractivity contribution in [2.75, 3.05) is 0 Å². The third-order valence-electron chi connectivity index (χ3n) is 1.35. The van der Waals surface area contributed by atoms with Crippen LogP contribution >= 0.6 is 0 Å². The Balaban J connectivity index is 0.000000720.